The Morgan fingerprint density at radius 2 is 2.14 bits per heavy atom. The molecule has 0 saturated heterocycles. The van der Waals surface area contributed by atoms with Gasteiger partial charge in [0.15, 0.2) is 6.10 Å². The predicted octanol–water partition coefficient (Wildman–Crippen LogP) is 1.91. The van der Waals surface area contributed by atoms with Gasteiger partial charge in [-0.15, -0.1) is 0 Å². The molecule has 0 radical (unpaired) electrons. The van der Waals surface area contributed by atoms with E-state index >= 15 is 0 Å². The Kier molecular flexibility index (Phi) is 3.08. The summed E-state index contributed by atoms with van der Waals surface area (Å²) in [6, 6.07) is 2.20. The molecule has 2 N–H and O–H groups in total. The highest BCUT2D eigenvalue weighted by molar-refractivity contribution is 6.31. The Morgan fingerprint density at radius 3 is 2.64 bits per heavy atom. The van der Waals surface area contributed by atoms with Gasteiger partial charge in [0.1, 0.15) is 5.82 Å². The van der Waals surface area contributed by atoms with Crippen molar-refractivity contribution in [2.45, 2.75) is 13.0 Å². The van der Waals surface area contributed by atoms with Crippen LogP contribution in [0.3, 0.4) is 0 Å². The first-order chi connectivity index (χ1) is 6.43. The maximum atomic E-state index is 13.1. The van der Waals surface area contributed by atoms with Crippen LogP contribution in [-0.2, 0) is 4.79 Å². The number of carbonyl (C=O) groups is 1. The van der Waals surface area contributed by atoms with Crippen LogP contribution in [0, 0.1) is 12.7 Å². The van der Waals surface area contributed by atoms with Crippen molar-refractivity contribution in [1.29, 1.82) is 0 Å². The van der Waals surface area contributed by atoms with Crippen LogP contribution in [-0.4, -0.2) is 16.2 Å². The van der Waals surface area contributed by atoms with E-state index in [0.29, 0.717) is 5.56 Å². The maximum absolute atomic E-state index is 13.1. The molecule has 0 saturated carbocycles. The highest BCUT2D eigenvalue weighted by Gasteiger charge is 2.20. The van der Waals surface area contributed by atoms with E-state index in [0.717, 1.165) is 6.07 Å². The normalized spacial score (nSPS) is 12.6. The molecule has 14 heavy (non-hydrogen) atoms. The number of aliphatic hydroxyl groups is 1. The minimum atomic E-state index is -1.86. The van der Waals surface area contributed by atoms with Crippen molar-refractivity contribution >= 4 is 17.6 Å². The molecule has 0 spiro atoms. The first-order valence-corrected chi connectivity index (χ1v) is 4.17. The van der Waals surface area contributed by atoms with Crippen molar-refractivity contribution in [3.8, 4) is 0 Å². The molecule has 0 bridgehead atoms. The number of aliphatic hydroxyl groups excluding tert-OH is 1. The molecule has 3 nitrogen and oxygen atoms in total. The maximum Gasteiger partial charge on any atom is 0.337 e. The van der Waals surface area contributed by atoms with E-state index in [-0.39, 0.29) is 10.6 Å². The van der Waals surface area contributed by atoms with Gasteiger partial charge in [0.2, 0.25) is 0 Å². The van der Waals surface area contributed by atoms with E-state index in [1.165, 1.54) is 6.07 Å². The fraction of sp³-hybridized carbons (Fsp3) is 0.222. The SMILES string of the molecule is Cc1cc(C(O)C(=O)O)c(F)cc1Cl. The molecular weight excluding hydrogens is 211 g/mol. The molecule has 0 amide bonds. The van der Waals surface area contributed by atoms with Crippen molar-refractivity contribution in [3.63, 3.8) is 0 Å². The standard InChI is InChI=1S/C9H8ClFO3/c1-4-2-5(8(12)9(13)14)7(11)3-6(4)10/h2-3,8,12H,1H3,(H,13,14). The third-order valence-electron chi connectivity index (χ3n) is 1.81. The van der Waals surface area contributed by atoms with Gasteiger partial charge in [0.05, 0.1) is 0 Å². The van der Waals surface area contributed by atoms with Gasteiger partial charge in [0.25, 0.3) is 0 Å². The summed E-state index contributed by atoms with van der Waals surface area (Å²) in [4.78, 5) is 10.4. The average Bonchev–Trinajstić information content (AvgIpc) is 2.10. The summed E-state index contributed by atoms with van der Waals surface area (Å²) < 4.78 is 13.1. The number of aliphatic carboxylic acids is 1. The van der Waals surface area contributed by atoms with Crippen LogP contribution in [0.1, 0.15) is 17.2 Å². The first-order valence-electron chi connectivity index (χ1n) is 3.80. The van der Waals surface area contributed by atoms with E-state index in [1.54, 1.807) is 6.92 Å². The largest absolute Gasteiger partial charge is 0.479 e. The van der Waals surface area contributed by atoms with Crippen LogP contribution in [0.15, 0.2) is 12.1 Å². The molecule has 1 rings (SSSR count). The van der Waals surface area contributed by atoms with Crippen LogP contribution in [0.2, 0.25) is 5.02 Å². The minimum absolute atomic E-state index is 0.198. The Balaban J connectivity index is 3.22. The van der Waals surface area contributed by atoms with Crippen LogP contribution >= 0.6 is 11.6 Å². The molecular formula is C9H8ClFO3. The first kappa shape index (κ1) is 10.9. The lowest BCUT2D eigenvalue weighted by Gasteiger charge is -2.08. The van der Waals surface area contributed by atoms with E-state index in [9.17, 15) is 9.18 Å². The zero-order chi connectivity index (χ0) is 10.9. The second-order valence-corrected chi connectivity index (χ2v) is 3.27. The van der Waals surface area contributed by atoms with Gasteiger partial charge in [-0.1, -0.05) is 11.6 Å². The number of benzene rings is 1. The van der Waals surface area contributed by atoms with Crippen LogP contribution in [0.25, 0.3) is 0 Å². The molecule has 1 aromatic rings. The summed E-state index contributed by atoms with van der Waals surface area (Å²) in [6.07, 6.45) is -1.86. The molecule has 0 aliphatic carbocycles. The number of hydrogen-bond acceptors (Lipinski definition) is 2. The number of aryl methyl sites for hydroxylation is 1. The monoisotopic (exact) mass is 218 g/mol. The van der Waals surface area contributed by atoms with E-state index in [4.69, 9.17) is 21.8 Å². The topological polar surface area (TPSA) is 57.5 Å². The molecule has 0 aromatic heterocycles. The third-order valence-corrected chi connectivity index (χ3v) is 2.21. The molecule has 0 aliphatic rings. The highest BCUT2D eigenvalue weighted by Crippen LogP contribution is 2.24. The Hall–Kier alpha value is -1.13. The van der Waals surface area contributed by atoms with Gasteiger partial charge >= 0.3 is 5.97 Å². The van der Waals surface area contributed by atoms with Gasteiger partial charge in [-0.2, -0.15) is 0 Å². The Labute approximate surface area is 84.7 Å². The van der Waals surface area contributed by atoms with Crippen LogP contribution in [0.5, 0.6) is 0 Å². The van der Waals surface area contributed by atoms with Crippen molar-refractivity contribution < 1.29 is 19.4 Å². The third kappa shape index (κ3) is 2.02. The van der Waals surface area contributed by atoms with Crippen molar-refractivity contribution in [1.82, 2.24) is 0 Å². The molecule has 0 heterocycles. The zero-order valence-electron chi connectivity index (χ0n) is 7.29. The number of halogens is 2. The Morgan fingerprint density at radius 1 is 1.57 bits per heavy atom. The summed E-state index contributed by atoms with van der Waals surface area (Å²) in [7, 11) is 0. The second-order valence-electron chi connectivity index (χ2n) is 2.86. The predicted molar refractivity (Wildman–Crippen MR) is 48.7 cm³/mol. The summed E-state index contributed by atoms with van der Waals surface area (Å²) in [5, 5.41) is 17.8. The van der Waals surface area contributed by atoms with E-state index in [2.05, 4.69) is 0 Å². The van der Waals surface area contributed by atoms with Crippen molar-refractivity contribution in [2.24, 2.45) is 0 Å². The summed E-state index contributed by atoms with van der Waals surface area (Å²) in [5.41, 5.74) is 0.239. The molecule has 1 atom stereocenters. The van der Waals surface area contributed by atoms with Gasteiger partial charge in [-0.25, -0.2) is 9.18 Å². The molecule has 76 valence electrons. The van der Waals surface area contributed by atoms with E-state index < -0.39 is 17.9 Å². The molecule has 1 unspecified atom stereocenters. The Bertz CT molecular complexity index is 379. The fourth-order valence-corrected chi connectivity index (χ4v) is 1.17. The summed E-state index contributed by atoms with van der Waals surface area (Å²) in [5.74, 6) is -2.32. The molecule has 0 aliphatic heterocycles. The zero-order valence-corrected chi connectivity index (χ0v) is 8.05. The summed E-state index contributed by atoms with van der Waals surface area (Å²) in [6.45, 7) is 1.60. The molecule has 0 fully saturated rings. The van der Waals surface area contributed by atoms with Crippen molar-refractivity contribution in [2.75, 3.05) is 0 Å². The number of carboxylic acid groups (broad SMARTS) is 1. The smallest absolute Gasteiger partial charge is 0.337 e. The quantitative estimate of drug-likeness (QED) is 0.797. The average molecular weight is 219 g/mol. The number of hydrogen-bond donors (Lipinski definition) is 2. The van der Waals surface area contributed by atoms with Gasteiger partial charge in [0, 0.05) is 10.6 Å². The highest BCUT2D eigenvalue weighted by atomic mass is 35.5. The fourth-order valence-electron chi connectivity index (χ4n) is 1.02. The van der Waals surface area contributed by atoms with Gasteiger partial charge in [-0.05, 0) is 24.6 Å². The number of rotatable bonds is 2. The lowest BCUT2D eigenvalue weighted by atomic mass is 10.1. The van der Waals surface area contributed by atoms with Crippen LogP contribution < -0.4 is 0 Å². The van der Waals surface area contributed by atoms with Gasteiger partial charge < -0.3 is 10.2 Å². The minimum Gasteiger partial charge on any atom is -0.479 e. The lowest BCUT2D eigenvalue weighted by molar-refractivity contribution is -0.147. The van der Waals surface area contributed by atoms with Crippen molar-refractivity contribution in [3.05, 3.63) is 34.1 Å². The van der Waals surface area contributed by atoms with E-state index in [1.807, 2.05) is 0 Å². The lowest BCUT2D eigenvalue weighted by Crippen LogP contribution is -2.12. The number of carboxylic acids is 1. The molecule has 1 aromatic carbocycles. The molecule has 5 heteroatoms. The van der Waals surface area contributed by atoms with Crippen LogP contribution in [0.4, 0.5) is 4.39 Å². The second kappa shape index (κ2) is 3.94. The van der Waals surface area contributed by atoms with Gasteiger partial charge in [-0.3, -0.25) is 0 Å². The summed E-state index contributed by atoms with van der Waals surface area (Å²) >= 11 is 5.60.